The lowest BCUT2D eigenvalue weighted by atomic mass is 10.4. The van der Waals surface area contributed by atoms with Crippen LogP contribution in [0.25, 0.3) is 5.65 Å². The first kappa shape index (κ1) is 8.79. The van der Waals surface area contributed by atoms with E-state index in [1.807, 2.05) is 10.6 Å². The van der Waals surface area contributed by atoms with Gasteiger partial charge < -0.3 is 5.32 Å². The number of rotatable bonds is 4. The zero-order valence-corrected chi connectivity index (χ0v) is 8.43. The van der Waals surface area contributed by atoms with Gasteiger partial charge in [-0.2, -0.15) is 0 Å². The van der Waals surface area contributed by atoms with Crippen molar-refractivity contribution in [1.82, 2.24) is 24.9 Å². The van der Waals surface area contributed by atoms with Crippen molar-refractivity contribution in [2.24, 2.45) is 0 Å². The van der Waals surface area contributed by atoms with E-state index in [2.05, 4.69) is 20.5 Å². The van der Waals surface area contributed by atoms with Gasteiger partial charge in [-0.25, -0.2) is 0 Å². The van der Waals surface area contributed by atoms with E-state index >= 15 is 0 Å². The van der Waals surface area contributed by atoms with Gasteiger partial charge in [0.2, 0.25) is 0 Å². The predicted molar refractivity (Wildman–Crippen MR) is 55.5 cm³/mol. The zero-order chi connectivity index (χ0) is 10.1. The summed E-state index contributed by atoms with van der Waals surface area (Å²) in [6.45, 7) is 0.980. The highest BCUT2D eigenvalue weighted by molar-refractivity contribution is 5.33. The normalized spacial score (nSPS) is 16.0. The second-order valence-corrected chi connectivity index (χ2v) is 3.90. The van der Waals surface area contributed by atoms with E-state index in [-0.39, 0.29) is 0 Å². The molecule has 78 valence electrons. The minimum atomic E-state index is 0.755. The number of fused-ring (bicyclic) bond motifs is 1. The molecule has 3 rings (SSSR count). The summed E-state index contributed by atoms with van der Waals surface area (Å²) in [5, 5.41) is 11.7. The van der Waals surface area contributed by atoms with Crippen LogP contribution in [0.5, 0.6) is 0 Å². The molecule has 2 aromatic rings. The Hall–Kier alpha value is -1.49. The van der Waals surface area contributed by atoms with Gasteiger partial charge in [0.15, 0.2) is 5.65 Å². The number of hydrogen-bond acceptors (Lipinski definition) is 4. The Balaban J connectivity index is 1.72. The van der Waals surface area contributed by atoms with E-state index in [0.29, 0.717) is 0 Å². The highest BCUT2D eigenvalue weighted by Crippen LogP contribution is 2.18. The molecule has 1 aliphatic rings. The third-order valence-electron chi connectivity index (χ3n) is 2.64. The smallest absolute Gasteiger partial charge is 0.179 e. The SMILES string of the molecule is c1cn2c(CCNC3CC3)nnc2cn1. The molecular formula is C10H13N5. The van der Waals surface area contributed by atoms with Gasteiger partial charge in [0.1, 0.15) is 5.82 Å². The first-order valence-electron chi connectivity index (χ1n) is 5.30. The van der Waals surface area contributed by atoms with E-state index in [1.165, 1.54) is 12.8 Å². The van der Waals surface area contributed by atoms with Crippen LogP contribution >= 0.6 is 0 Å². The molecule has 0 atom stereocenters. The topological polar surface area (TPSA) is 55.1 Å². The summed E-state index contributed by atoms with van der Waals surface area (Å²) in [5.41, 5.74) is 0.818. The van der Waals surface area contributed by atoms with Crippen LogP contribution < -0.4 is 5.32 Å². The fraction of sp³-hybridized carbons (Fsp3) is 0.500. The van der Waals surface area contributed by atoms with Gasteiger partial charge in [0.05, 0.1) is 6.20 Å². The Morgan fingerprint density at radius 3 is 3.20 bits per heavy atom. The predicted octanol–water partition coefficient (Wildman–Crippen LogP) is 0.419. The Morgan fingerprint density at radius 2 is 2.33 bits per heavy atom. The van der Waals surface area contributed by atoms with Crippen LogP contribution in [-0.2, 0) is 6.42 Å². The molecule has 1 aliphatic carbocycles. The van der Waals surface area contributed by atoms with Gasteiger partial charge in [-0.15, -0.1) is 10.2 Å². The zero-order valence-electron chi connectivity index (χ0n) is 8.43. The van der Waals surface area contributed by atoms with E-state index in [4.69, 9.17) is 0 Å². The fourth-order valence-electron chi connectivity index (χ4n) is 1.65. The van der Waals surface area contributed by atoms with Crippen molar-refractivity contribution in [3.63, 3.8) is 0 Å². The molecular weight excluding hydrogens is 190 g/mol. The van der Waals surface area contributed by atoms with Gasteiger partial charge in [-0.1, -0.05) is 0 Å². The number of nitrogens with one attached hydrogen (secondary N) is 1. The molecule has 2 heterocycles. The molecule has 5 nitrogen and oxygen atoms in total. The summed E-state index contributed by atoms with van der Waals surface area (Å²) in [6, 6.07) is 0.755. The minimum Gasteiger partial charge on any atom is -0.314 e. The van der Waals surface area contributed by atoms with Gasteiger partial charge in [0.25, 0.3) is 0 Å². The van der Waals surface area contributed by atoms with Crippen molar-refractivity contribution in [3.05, 3.63) is 24.4 Å². The molecule has 0 unspecified atom stereocenters. The van der Waals surface area contributed by atoms with Crippen molar-refractivity contribution in [2.45, 2.75) is 25.3 Å². The van der Waals surface area contributed by atoms with Crippen molar-refractivity contribution >= 4 is 5.65 Å². The van der Waals surface area contributed by atoms with Crippen molar-refractivity contribution in [3.8, 4) is 0 Å². The Labute approximate surface area is 87.5 Å². The highest BCUT2D eigenvalue weighted by Gasteiger charge is 2.19. The number of aromatic nitrogens is 4. The average Bonchev–Trinajstić information content (AvgIpc) is 3.00. The van der Waals surface area contributed by atoms with Crippen LogP contribution in [0.3, 0.4) is 0 Å². The van der Waals surface area contributed by atoms with Crippen LogP contribution in [0.4, 0.5) is 0 Å². The summed E-state index contributed by atoms with van der Waals surface area (Å²) in [7, 11) is 0. The highest BCUT2D eigenvalue weighted by atomic mass is 15.2. The van der Waals surface area contributed by atoms with Gasteiger partial charge in [-0.05, 0) is 12.8 Å². The molecule has 0 aromatic carbocycles. The first-order chi connectivity index (χ1) is 7.43. The second kappa shape index (κ2) is 3.58. The summed E-state index contributed by atoms with van der Waals surface area (Å²) in [5.74, 6) is 1.00. The maximum atomic E-state index is 4.15. The summed E-state index contributed by atoms with van der Waals surface area (Å²) in [4.78, 5) is 4.01. The van der Waals surface area contributed by atoms with E-state index in [9.17, 15) is 0 Å². The van der Waals surface area contributed by atoms with Gasteiger partial charge in [-0.3, -0.25) is 9.38 Å². The quantitative estimate of drug-likeness (QED) is 0.782. The molecule has 2 aromatic heterocycles. The number of hydrogen-bond donors (Lipinski definition) is 1. The van der Waals surface area contributed by atoms with Crippen LogP contribution in [0, 0.1) is 0 Å². The summed E-state index contributed by atoms with van der Waals surface area (Å²) < 4.78 is 1.99. The molecule has 1 fully saturated rings. The Bertz CT molecular complexity index is 460. The van der Waals surface area contributed by atoms with Crippen LogP contribution in [0.1, 0.15) is 18.7 Å². The second-order valence-electron chi connectivity index (χ2n) is 3.90. The Kier molecular flexibility index (Phi) is 2.10. The molecule has 15 heavy (non-hydrogen) atoms. The van der Waals surface area contributed by atoms with E-state index in [1.54, 1.807) is 12.4 Å². The fourth-order valence-corrected chi connectivity index (χ4v) is 1.65. The summed E-state index contributed by atoms with van der Waals surface area (Å²) in [6.07, 6.45) is 8.96. The minimum absolute atomic E-state index is 0.755. The molecule has 0 radical (unpaired) electrons. The lowest BCUT2D eigenvalue weighted by molar-refractivity contribution is 0.662. The maximum absolute atomic E-state index is 4.15. The van der Waals surface area contributed by atoms with Crippen molar-refractivity contribution in [1.29, 1.82) is 0 Å². The molecule has 1 N–H and O–H groups in total. The monoisotopic (exact) mass is 203 g/mol. The van der Waals surface area contributed by atoms with Gasteiger partial charge >= 0.3 is 0 Å². The largest absolute Gasteiger partial charge is 0.314 e. The third kappa shape index (κ3) is 1.83. The summed E-state index contributed by atoms with van der Waals surface area (Å²) >= 11 is 0. The average molecular weight is 203 g/mol. The Morgan fingerprint density at radius 1 is 1.40 bits per heavy atom. The van der Waals surface area contributed by atoms with Crippen LogP contribution in [-0.4, -0.2) is 32.2 Å². The molecule has 5 heteroatoms. The third-order valence-corrected chi connectivity index (χ3v) is 2.64. The van der Waals surface area contributed by atoms with Crippen LogP contribution in [0.2, 0.25) is 0 Å². The molecule has 0 spiro atoms. The lowest BCUT2D eigenvalue weighted by Crippen LogP contribution is -2.20. The van der Waals surface area contributed by atoms with Crippen molar-refractivity contribution in [2.75, 3.05) is 6.54 Å². The van der Waals surface area contributed by atoms with E-state index < -0.39 is 0 Å². The standard InChI is InChI=1S/C10H13N5/c1-2-8(1)12-4-3-9-13-14-10-7-11-5-6-15(9)10/h5-8,12H,1-4H2. The van der Waals surface area contributed by atoms with Crippen molar-refractivity contribution < 1.29 is 0 Å². The molecule has 0 aliphatic heterocycles. The first-order valence-corrected chi connectivity index (χ1v) is 5.30. The lowest BCUT2D eigenvalue weighted by Gasteiger charge is -2.00. The number of nitrogens with zero attached hydrogens (tertiary/aromatic N) is 4. The van der Waals surface area contributed by atoms with Gasteiger partial charge in [0, 0.05) is 31.4 Å². The van der Waals surface area contributed by atoms with Crippen LogP contribution in [0.15, 0.2) is 18.6 Å². The molecule has 0 saturated heterocycles. The van der Waals surface area contributed by atoms with E-state index in [0.717, 1.165) is 30.5 Å². The molecule has 0 bridgehead atoms. The molecule has 1 saturated carbocycles. The maximum Gasteiger partial charge on any atom is 0.179 e. The molecule has 0 amide bonds.